The molecule has 2 aromatic heterocycles. The summed E-state index contributed by atoms with van der Waals surface area (Å²) in [4.78, 5) is 130. The summed E-state index contributed by atoms with van der Waals surface area (Å²) in [6.45, 7) is 7.91. The highest BCUT2D eigenvalue weighted by Crippen LogP contribution is 2.45. The molecular formula is C60H76IN11O11S. The first-order valence-electron chi connectivity index (χ1n) is 29.5. The largest absolute Gasteiger partial charge is 0.382 e. The number of hydrogen-bond donors (Lipinski definition) is 6. The van der Waals surface area contributed by atoms with Gasteiger partial charge in [-0.05, 0) is 94.2 Å². The third kappa shape index (κ3) is 13.2. The zero-order valence-corrected chi connectivity index (χ0v) is 51.2. The van der Waals surface area contributed by atoms with Crippen molar-refractivity contribution in [2.75, 3.05) is 68.8 Å². The van der Waals surface area contributed by atoms with Gasteiger partial charge in [-0.25, -0.2) is 8.42 Å². The molecule has 24 heteroatoms. The molecule has 8 amide bonds. The van der Waals surface area contributed by atoms with Crippen LogP contribution in [0.2, 0.25) is 0 Å². The number of carbonyl (C=O) groups excluding carboxylic acids is 8. The molecule has 1 aliphatic carbocycles. The van der Waals surface area contributed by atoms with E-state index in [1.54, 1.807) is 36.3 Å². The second-order valence-corrected chi connectivity index (χ2v) is 28.5. The van der Waals surface area contributed by atoms with Gasteiger partial charge >= 0.3 is 0 Å². The van der Waals surface area contributed by atoms with Gasteiger partial charge in [0.2, 0.25) is 29.5 Å². The number of nitrogens with zero attached hydrogens (tertiary/aromatic N) is 5. The number of likely N-dealkylation sites (tertiary alicyclic amines) is 2. The fraction of sp³-hybridized carbons (Fsp3) is 0.550. The average molecular weight is 1290 g/mol. The van der Waals surface area contributed by atoms with Crippen LogP contribution in [0.1, 0.15) is 145 Å². The van der Waals surface area contributed by atoms with Gasteiger partial charge in [0, 0.05) is 157 Å². The maximum absolute atomic E-state index is 14.4. The molecule has 3 unspecified atom stereocenters. The number of halogens is 1. The first-order valence-corrected chi connectivity index (χ1v) is 32.7. The molecular weight excluding hydrogens is 1210 g/mol. The van der Waals surface area contributed by atoms with Gasteiger partial charge in [0.1, 0.15) is 17.3 Å². The quantitative estimate of drug-likeness (QED) is 0.0241. The second kappa shape index (κ2) is 25.1. The van der Waals surface area contributed by atoms with E-state index in [0.29, 0.717) is 77.3 Å². The number of H-pyrrole nitrogens is 1. The number of alkyl halides is 1. The highest BCUT2D eigenvalue weighted by atomic mass is 127. The molecule has 0 radical (unpaired) electrons. The number of pyridine rings is 1. The van der Waals surface area contributed by atoms with Crippen LogP contribution in [0.5, 0.6) is 0 Å². The molecule has 84 heavy (non-hydrogen) atoms. The summed E-state index contributed by atoms with van der Waals surface area (Å²) in [6.07, 6.45) is 11.5. The van der Waals surface area contributed by atoms with Gasteiger partial charge in [-0.1, -0.05) is 54.8 Å². The molecule has 3 saturated heterocycles. The normalized spacial score (nSPS) is 20.0. The zero-order chi connectivity index (χ0) is 59.8. The monoisotopic (exact) mass is 1290 g/mol. The molecule has 0 bridgehead atoms. The maximum atomic E-state index is 14.4. The number of sulfone groups is 1. The van der Waals surface area contributed by atoms with E-state index >= 15 is 0 Å². The van der Waals surface area contributed by atoms with Crippen molar-refractivity contribution in [3.63, 3.8) is 0 Å². The zero-order valence-electron chi connectivity index (χ0n) is 48.3. The lowest BCUT2D eigenvalue weighted by atomic mass is 9.88. The number of piperidine rings is 2. The minimum atomic E-state index is -3.66. The highest BCUT2D eigenvalue weighted by Gasteiger charge is 2.47. The number of rotatable bonds is 24. The van der Waals surface area contributed by atoms with E-state index in [1.165, 1.54) is 9.47 Å². The van der Waals surface area contributed by atoms with E-state index < -0.39 is 45.3 Å². The summed E-state index contributed by atoms with van der Waals surface area (Å²) in [7, 11) is -2.06. The smallest absolute Gasteiger partial charge is 0.274 e. The Labute approximate surface area is 502 Å². The van der Waals surface area contributed by atoms with Crippen LogP contribution in [0.4, 0.5) is 11.4 Å². The van der Waals surface area contributed by atoms with Gasteiger partial charge in [-0.3, -0.25) is 53.4 Å². The highest BCUT2D eigenvalue weighted by molar-refractivity contribution is 14.1. The van der Waals surface area contributed by atoms with Crippen molar-refractivity contribution in [2.24, 2.45) is 18.9 Å². The van der Waals surface area contributed by atoms with E-state index in [4.69, 9.17) is 0 Å². The predicted octanol–water partition coefficient (Wildman–Crippen LogP) is 4.65. The molecule has 3 atom stereocenters. The number of carbonyl (C=O) groups is 8. The minimum Gasteiger partial charge on any atom is -0.382 e. The Kier molecular flexibility index (Phi) is 18.1. The average Bonchev–Trinajstić information content (AvgIpc) is 1.95. The number of unbranched alkanes of at least 4 members (excludes halogenated alkanes) is 2. The van der Waals surface area contributed by atoms with Gasteiger partial charge in [-0.2, -0.15) is 0 Å². The molecule has 6 aliphatic rings. The topological polar surface area (TPSA) is 282 Å². The number of aromatic nitrogens is 2. The lowest BCUT2D eigenvalue weighted by Crippen LogP contribution is -2.52. The molecule has 7 heterocycles. The van der Waals surface area contributed by atoms with Crippen molar-refractivity contribution in [1.29, 1.82) is 0 Å². The molecule has 4 fully saturated rings. The van der Waals surface area contributed by atoms with Crippen molar-refractivity contribution in [3.05, 3.63) is 80.4 Å². The summed E-state index contributed by atoms with van der Waals surface area (Å²) in [6, 6.07) is 8.53. The molecule has 1 saturated carbocycles. The Balaban J connectivity index is 0.770. The number of fused-ring (bicyclic) bond motifs is 3. The van der Waals surface area contributed by atoms with Crippen molar-refractivity contribution < 1.29 is 46.8 Å². The summed E-state index contributed by atoms with van der Waals surface area (Å²) < 4.78 is 27.3. The summed E-state index contributed by atoms with van der Waals surface area (Å²) in [5.41, 5.74) is 5.24. The van der Waals surface area contributed by atoms with Gasteiger partial charge in [0.15, 0.2) is 9.84 Å². The Morgan fingerprint density at radius 3 is 2.32 bits per heavy atom. The summed E-state index contributed by atoms with van der Waals surface area (Å²) in [5.74, 6) is -3.33. The van der Waals surface area contributed by atoms with Crippen LogP contribution in [0, 0.1) is 11.8 Å². The standard InChI is InChI=1S/C60H76IN11O11S/c1-5-6-7-19-60(2,61)44-29-50(75)71(58(44)80)26-18-48(73)62-21-22-64-56(78)52-43-32-70(30-35-12-13-35)47-28-39(36(34-84(4,82)83)27-40(47)42-31-68(3)59(81)53(67-52)51(42)43)54(76)63-20-9-23-69-24-16-37(17-25-69)65-45-11-8-10-38-41(45)33-72(57(38)79)46-14-15-49(74)66-55(46)77/h8,10-11,27-28,31,35,37,44,46,65,67H,5-7,9,12-26,29-30,32-34H2,1-4H3,(H,62,73)(H,63,76)(H,64,78)(H,66,74,77). The lowest BCUT2D eigenvalue weighted by molar-refractivity contribution is -0.140. The molecule has 5 aliphatic heterocycles. The minimum absolute atomic E-state index is 0.0317. The van der Waals surface area contributed by atoms with Gasteiger partial charge < -0.3 is 45.5 Å². The number of anilines is 2. The maximum Gasteiger partial charge on any atom is 0.274 e. The number of aryl methyl sites for hydroxylation is 1. The number of imide groups is 2. The molecule has 450 valence electrons. The third-order valence-electron chi connectivity index (χ3n) is 17.5. The predicted molar refractivity (Wildman–Crippen MR) is 325 cm³/mol. The van der Waals surface area contributed by atoms with Crippen LogP contribution in [0.15, 0.2) is 41.3 Å². The Morgan fingerprint density at radius 1 is 0.845 bits per heavy atom. The Bertz CT molecular complexity index is 3490. The van der Waals surface area contributed by atoms with Gasteiger partial charge in [-0.15, -0.1) is 0 Å². The molecule has 6 N–H and O–H groups in total. The molecule has 2 aromatic carbocycles. The Hall–Kier alpha value is -6.67. The van der Waals surface area contributed by atoms with E-state index in [-0.39, 0.29) is 113 Å². The van der Waals surface area contributed by atoms with Crippen LogP contribution in [-0.2, 0) is 59.7 Å². The van der Waals surface area contributed by atoms with Crippen molar-refractivity contribution in [2.45, 2.75) is 132 Å². The van der Waals surface area contributed by atoms with Crippen LogP contribution in [0.25, 0.3) is 22.0 Å². The van der Waals surface area contributed by atoms with Crippen molar-refractivity contribution in [3.8, 4) is 11.1 Å². The van der Waals surface area contributed by atoms with Gasteiger partial charge in [0.25, 0.3) is 23.3 Å². The second-order valence-electron chi connectivity index (χ2n) is 23.9. The van der Waals surface area contributed by atoms with Crippen LogP contribution >= 0.6 is 22.6 Å². The van der Waals surface area contributed by atoms with Crippen molar-refractivity contribution >= 4 is 102 Å². The fourth-order valence-corrected chi connectivity index (χ4v) is 14.4. The first-order chi connectivity index (χ1) is 40.1. The van der Waals surface area contributed by atoms with Crippen molar-refractivity contribution in [1.82, 2.24) is 45.5 Å². The van der Waals surface area contributed by atoms with Crippen LogP contribution in [-0.4, -0.2) is 154 Å². The molecule has 10 rings (SSSR count). The SMILES string of the molecule is CCCCCC(C)(I)C1CC(=O)N(CCC(=O)NCCNC(=O)c2[nH]c3c(=O)n(C)cc4c3c2CN(CC2CC2)c2cc(C(=O)NCCCN3CCC(Nc5cccc6c5CN(C5CCC(=O)NC5=O)C6=O)CC3)c(CS(C)(=O)=O)cc2-4)C1=O. The molecule has 22 nitrogen and oxygen atoms in total. The van der Waals surface area contributed by atoms with Gasteiger partial charge in [0.05, 0.1) is 11.7 Å². The number of amides is 8. The van der Waals surface area contributed by atoms with Crippen LogP contribution in [0.3, 0.4) is 0 Å². The summed E-state index contributed by atoms with van der Waals surface area (Å²) >= 11 is 2.30. The molecule has 0 spiro atoms. The lowest BCUT2D eigenvalue weighted by Gasteiger charge is -2.33. The molecule has 4 aromatic rings. The van der Waals surface area contributed by atoms with E-state index in [0.717, 1.165) is 82.0 Å². The van der Waals surface area contributed by atoms with E-state index in [1.807, 2.05) is 19.1 Å². The third-order valence-corrected chi connectivity index (χ3v) is 19.6. The number of aromatic amines is 1. The van der Waals surface area contributed by atoms with E-state index in [2.05, 4.69) is 70.9 Å². The van der Waals surface area contributed by atoms with E-state index in [9.17, 15) is 51.6 Å². The number of hydrogen-bond acceptors (Lipinski definition) is 14. The summed E-state index contributed by atoms with van der Waals surface area (Å²) in [5, 5.41) is 15.3. The number of nitrogens with one attached hydrogen (secondary N) is 6. The number of benzene rings is 2. The fourth-order valence-electron chi connectivity index (χ4n) is 12.7. The first kappa shape index (κ1) is 60.5. The van der Waals surface area contributed by atoms with Crippen LogP contribution < -0.4 is 37.0 Å². The Morgan fingerprint density at radius 2 is 1.60 bits per heavy atom.